The number of nitrogens with zero attached hydrogens (tertiary/aromatic N) is 1. The van der Waals surface area contributed by atoms with Crippen LogP contribution in [0.2, 0.25) is 5.02 Å². The molecule has 0 bridgehead atoms. The highest BCUT2D eigenvalue weighted by Crippen LogP contribution is 2.21. The van der Waals surface area contributed by atoms with Crippen molar-refractivity contribution in [2.24, 2.45) is 0 Å². The third-order valence-electron chi connectivity index (χ3n) is 4.37. The molecule has 6 nitrogen and oxygen atoms in total. The van der Waals surface area contributed by atoms with Crippen molar-refractivity contribution in [2.75, 3.05) is 24.7 Å². The van der Waals surface area contributed by atoms with Crippen LogP contribution < -0.4 is 4.74 Å². The molecule has 0 aliphatic carbocycles. The van der Waals surface area contributed by atoms with E-state index in [1.165, 1.54) is 0 Å². The summed E-state index contributed by atoms with van der Waals surface area (Å²) >= 11 is 5.84. The minimum atomic E-state index is -3.01. The molecule has 2 aromatic rings. The van der Waals surface area contributed by atoms with Crippen molar-refractivity contribution in [3.8, 4) is 5.75 Å². The fourth-order valence-corrected chi connectivity index (χ4v) is 4.94. The van der Waals surface area contributed by atoms with Crippen LogP contribution in [0.5, 0.6) is 5.75 Å². The summed E-state index contributed by atoms with van der Waals surface area (Å²) in [6.45, 7) is 0.857. The number of sulfone groups is 1. The number of halogens is 1. The van der Waals surface area contributed by atoms with Gasteiger partial charge >= 0.3 is 0 Å². The summed E-state index contributed by atoms with van der Waals surface area (Å²) in [4.78, 5) is 1.96. The lowest BCUT2D eigenvalue weighted by molar-refractivity contribution is 0.0497. The lowest BCUT2D eigenvalue weighted by atomic mass is 10.2. The number of hydrogen-bond donors (Lipinski definition) is 1. The molecule has 8 heteroatoms. The fraction of sp³-hybridized carbons (Fsp3) is 0.444. The largest absolute Gasteiger partial charge is 0.491 e. The minimum absolute atomic E-state index is 0.107. The Hall–Kier alpha value is -1.54. The van der Waals surface area contributed by atoms with Crippen LogP contribution in [0, 0.1) is 0 Å². The smallest absolute Gasteiger partial charge is 0.151 e. The minimum Gasteiger partial charge on any atom is -0.491 e. The van der Waals surface area contributed by atoms with E-state index in [0.717, 1.165) is 5.76 Å². The first-order valence-electron chi connectivity index (χ1n) is 8.44. The third kappa shape index (κ3) is 5.48. The summed E-state index contributed by atoms with van der Waals surface area (Å²) in [6.07, 6.45) is 1.39. The number of rotatable bonds is 8. The van der Waals surface area contributed by atoms with Crippen LogP contribution in [0.15, 0.2) is 47.1 Å². The molecule has 1 N–H and O–H groups in total. The van der Waals surface area contributed by atoms with Gasteiger partial charge in [-0.25, -0.2) is 8.42 Å². The van der Waals surface area contributed by atoms with E-state index >= 15 is 0 Å². The third-order valence-corrected chi connectivity index (χ3v) is 6.37. The zero-order valence-electron chi connectivity index (χ0n) is 14.3. The molecule has 0 unspecified atom stereocenters. The van der Waals surface area contributed by atoms with E-state index < -0.39 is 15.9 Å². The van der Waals surface area contributed by atoms with E-state index in [2.05, 4.69) is 0 Å². The summed E-state index contributed by atoms with van der Waals surface area (Å²) in [6, 6.07) is 10.4. The number of ether oxygens (including phenoxy) is 1. The summed E-state index contributed by atoms with van der Waals surface area (Å²) < 4.78 is 34.6. The van der Waals surface area contributed by atoms with Gasteiger partial charge in [-0.1, -0.05) is 11.6 Å². The number of furan rings is 1. The highest BCUT2D eigenvalue weighted by molar-refractivity contribution is 7.91. The molecule has 1 saturated heterocycles. The van der Waals surface area contributed by atoms with Crippen LogP contribution in [-0.2, 0) is 16.4 Å². The molecule has 0 radical (unpaired) electrons. The molecule has 142 valence electrons. The molecule has 0 amide bonds. The Labute approximate surface area is 158 Å². The molecule has 1 aromatic heterocycles. The van der Waals surface area contributed by atoms with Crippen molar-refractivity contribution >= 4 is 21.4 Å². The van der Waals surface area contributed by atoms with Crippen molar-refractivity contribution in [1.29, 1.82) is 0 Å². The molecule has 3 rings (SSSR count). The summed E-state index contributed by atoms with van der Waals surface area (Å²) in [5.41, 5.74) is 0. The van der Waals surface area contributed by atoms with Crippen molar-refractivity contribution in [3.63, 3.8) is 0 Å². The van der Waals surface area contributed by atoms with Gasteiger partial charge in [0.05, 0.1) is 24.3 Å². The Morgan fingerprint density at radius 1 is 1.31 bits per heavy atom. The molecular formula is C18H22ClNO5S. The van der Waals surface area contributed by atoms with E-state index in [1.54, 1.807) is 36.6 Å². The molecule has 1 fully saturated rings. The quantitative estimate of drug-likeness (QED) is 0.734. The highest BCUT2D eigenvalue weighted by Gasteiger charge is 2.33. The van der Waals surface area contributed by atoms with Crippen molar-refractivity contribution in [1.82, 2.24) is 4.90 Å². The van der Waals surface area contributed by atoms with E-state index in [0.29, 0.717) is 30.3 Å². The van der Waals surface area contributed by atoms with E-state index in [1.807, 2.05) is 11.0 Å². The summed E-state index contributed by atoms with van der Waals surface area (Å²) in [7, 11) is -3.01. The monoisotopic (exact) mass is 399 g/mol. The van der Waals surface area contributed by atoms with Gasteiger partial charge in [-0.2, -0.15) is 0 Å². The van der Waals surface area contributed by atoms with Crippen LogP contribution in [0.25, 0.3) is 0 Å². The maximum atomic E-state index is 11.8. The summed E-state index contributed by atoms with van der Waals surface area (Å²) in [5.74, 6) is 1.65. The normalized spacial score (nSPS) is 20.3. The molecule has 26 heavy (non-hydrogen) atoms. The van der Waals surface area contributed by atoms with E-state index in [-0.39, 0.29) is 24.2 Å². The maximum absolute atomic E-state index is 11.8. The van der Waals surface area contributed by atoms with E-state index in [4.69, 9.17) is 20.8 Å². The van der Waals surface area contributed by atoms with Crippen molar-refractivity contribution in [2.45, 2.75) is 25.1 Å². The second-order valence-electron chi connectivity index (χ2n) is 6.48. The number of aliphatic hydroxyl groups excluding tert-OH is 1. The van der Waals surface area contributed by atoms with Gasteiger partial charge < -0.3 is 14.3 Å². The van der Waals surface area contributed by atoms with Crippen molar-refractivity contribution < 1.29 is 22.7 Å². The number of aliphatic hydroxyl groups is 1. The van der Waals surface area contributed by atoms with Crippen LogP contribution in [-0.4, -0.2) is 55.2 Å². The predicted octanol–water partition coefficient (Wildman–Crippen LogP) is 2.36. The molecule has 0 spiro atoms. The topological polar surface area (TPSA) is 80.0 Å². The lowest BCUT2D eigenvalue weighted by Crippen LogP contribution is -2.42. The lowest BCUT2D eigenvalue weighted by Gasteiger charge is -2.29. The Kier molecular flexibility index (Phi) is 6.24. The van der Waals surface area contributed by atoms with Gasteiger partial charge in [-0.3, -0.25) is 4.90 Å². The van der Waals surface area contributed by atoms with Gasteiger partial charge in [-0.15, -0.1) is 0 Å². The van der Waals surface area contributed by atoms with Gasteiger partial charge in [0.15, 0.2) is 9.84 Å². The van der Waals surface area contributed by atoms with Gasteiger partial charge in [-0.05, 0) is 42.8 Å². The predicted molar refractivity (Wildman–Crippen MR) is 99.1 cm³/mol. The Morgan fingerprint density at radius 3 is 2.69 bits per heavy atom. The molecule has 0 saturated carbocycles. The van der Waals surface area contributed by atoms with Crippen LogP contribution >= 0.6 is 11.6 Å². The first-order valence-corrected chi connectivity index (χ1v) is 10.6. The molecule has 1 aromatic carbocycles. The van der Waals surface area contributed by atoms with Gasteiger partial charge in [0.25, 0.3) is 0 Å². The first-order chi connectivity index (χ1) is 12.4. The van der Waals surface area contributed by atoms with Crippen LogP contribution in [0.4, 0.5) is 0 Å². The molecular weight excluding hydrogens is 378 g/mol. The fourth-order valence-electron chi connectivity index (χ4n) is 3.06. The van der Waals surface area contributed by atoms with Gasteiger partial charge in [0.1, 0.15) is 24.2 Å². The zero-order chi connectivity index (χ0) is 18.6. The van der Waals surface area contributed by atoms with Gasteiger partial charge in [0, 0.05) is 17.6 Å². The zero-order valence-corrected chi connectivity index (χ0v) is 15.8. The van der Waals surface area contributed by atoms with Crippen LogP contribution in [0.1, 0.15) is 12.2 Å². The SMILES string of the molecule is O=S1(=O)CC[C@H](N(Cc2ccco2)C[C@@H](O)COc2ccc(Cl)cc2)C1. The first kappa shape index (κ1) is 19.2. The molecule has 2 heterocycles. The maximum Gasteiger partial charge on any atom is 0.151 e. The number of hydrogen-bond acceptors (Lipinski definition) is 6. The van der Waals surface area contributed by atoms with Crippen molar-refractivity contribution in [3.05, 3.63) is 53.4 Å². The molecule has 1 aliphatic heterocycles. The van der Waals surface area contributed by atoms with Crippen LogP contribution in [0.3, 0.4) is 0 Å². The molecule has 1 aliphatic rings. The van der Waals surface area contributed by atoms with E-state index in [9.17, 15) is 13.5 Å². The standard InChI is InChI=1S/C18H22ClNO5S/c19-14-3-5-17(6-4-14)25-12-16(21)10-20(11-18-2-1-8-24-18)15-7-9-26(22,23)13-15/h1-6,8,15-16,21H,7,9-13H2/t15-,16+/m0/s1. The molecule has 2 atom stereocenters. The number of benzene rings is 1. The summed E-state index contributed by atoms with van der Waals surface area (Å²) in [5, 5.41) is 11.0. The average Bonchev–Trinajstić information content (AvgIpc) is 3.23. The highest BCUT2D eigenvalue weighted by atomic mass is 35.5. The van der Waals surface area contributed by atoms with Gasteiger partial charge in [0.2, 0.25) is 0 Å². The Bertz CT molecular complexity index is 791. The Balaban J connectivity index is 1.59. The Morgan fingerprint density at radius 2 is 2.08 bits per heavy atom. The second-order valence-corrected chi connectivity index (χ2v) is 9.15. The average molecular weight is 400 g/mol. The second kappa shape index (κ2) is 8.43.